The first-order chi connectivity index (χ1) is 13.0. The second-order valence-corrected chi connectivity index (χ2v) is 6.98. The van der Waals surface area contributed by atoms with Crippen molar-refractivity contribution in [1.82, 2.24) is 15.2 Å². The number of nitrogens with two attached hydrogens (primary N) is 1. The lowest BCUT2D eigenvalue weighted by Crippen LogP contribution is -2.43. The smallest absolute Gasteiger partial charge is 0.324 e. The van der Waals surface area contributed by atoms with E-state index in [4.69, 9.17) is 5.73 Å². The van der Waals surface area contributed by atoms with Crippen molar-refractivity contribution in [3.05, 3.63) is 53.6 Å². The van der Waals surface area contributed by atoms with Gasteiger partial charge < -0.3 is 11.1 Å². The number of amides is 2. The minimum atomic E-state index is -0.745. The van der Waals surface area contributed by atoms with Crippen LogP contribution in [0.1, 0.15) is 24.1 Å². The van der Waals surface area contributed by atoms with Crippen LogP contribution in [0, 0.1) is 12.7 Å². The Hall–Kier alpha value is -2.51. The van der Waals surface area contributed by atoms with Gasteiger partial charge in [0.1, 0.15) is 5.82 Å². The van der Waals surface area contributed by atoms with Crippen LogP contribution in [-0.2, 0) is 6.54 Å². The Balaban J connectivity index is 1.87. The molecule has 0 bridgehead atoms. The number of nitrogens with one attached hydrogen (secondary N) is 1. The molecule has 2 amide bonds. The molecule has 0 saturated carbocycles. The molecular formula is C20H26FN5O. The maximum absolute atomic E-state index is 14.5. The van der Waals surface area contributed by atoms with Gasteiger partial charge >= 0.3 is 6.03 Å². The summed E-state index contributed by atoms with van der Waals surface area (Å²) in [5.41, 5.74) is 7.89. The number of halogens is 1. The van der Waals surface area contributed by atoms with E-state index in [1.54, 1.807) is 24.3 Å². The lowest BCUT2D eigenvalue weighted by Gasteiger charge is -2.32. The summed E-state index contributed by atoms with van der Waals surface area (Å²) in [5, 5.41) is 3.32. The number of urea groups is 1. The van der Waals surface area contributed by atoms with Gasteiger partial charge in [0, 0.05) is 24.8 Å². The van der Waals surface area contributed by atoms with Crippen molar-refractivity contribution in [1.29, 1.82) is 0 Å². The number of hydrogen-bond donors (Lipinski definition) is 2. The molecule has 0 aliphatic carbocycles. The zero-order valence-corrected chi connectivity index (χ0v) is 15.8. The summed E-state index contributed by atoms with van der Waals surface area (Å²) < 4.78 is 14.5. The average molecular weight is 371 g/mol. The fourth-order valence-corrected chi connectivity index (χ4v) is 3.50. The zero-order chi connectivity index (χ0) is 19.4. The van der Waals surface area contributed by atoms with Crippen molar-refractivity contribution >= 4 is 17.4 Å². The molecule has 27 heavy (non-hydrogen) atoms. The molecule has 0 spiro atoms. The van der Waals surface area contributed by atoms with Gasteiger partial charge in [-0.15, -0.1) is 0 Å². The summed E-state index contributed by atoms with van der Waals surface area (Å²) in [7, 11) is 1.98. The van der Waals surface area contributed by atoms with E-state index in [-0.39, 0.29) is 5.69 Å². The van der Waals surface area contributed by atoms with Gasteiger partial charge in [-0.3, -0.25) is 14.8 Å². The molecule has 0 radical (unpaired) electrons. The van der Waals surface area contributed by atoms with E-state index < -0.39 is 11.8 Å². The minimum absolute atomic E-state index is 0.146. The maximum atomic E-state index is 14.5. The van der Waals surface area contributed by atoms with Crippen LogP contribution in [0.4, 0.5) is 20.6 Å². The number of anilines is 2. The van der Waals surface area contributed by atoms with Gasteiger partial charge in [-0.1, -0.05) is 6.07 Å². The number of pyridine rings is 1. The zero-order valence-electron chi connectivity index (χ0n) is 15.8. The van der Waals surface area contributed by atoms with Crippen LogP contribution in [0.25, 0.3) is 0 Å². The van der Waals surface area contributed by atoms with Crippen molar-refractivity contribution in [2.24, 2.45) is 5.73 Å². The van der Waals surface area contributed by atoms with Crippen molar-refractivity contribution in [2.75, 3.05) is 25.0 Å². The third kappa shape index (κ3) is 4.61. The van der Waals surface area contributed by atoms with E-state index in [9.17, 15) is 9.18 Å². The number of likely N-dealkylation sites (tertiary alicyclic amines) is 1. The van der Waals surface area contributed by atoms with E-state index >= 15 is 0 Å². The van der Waals surface area contributed by atoms with Crippen LogP contribution in [0.15, 0.2) is 36.5 Å². The van der Waals surface area contributed by atoms with Crippen molar-refractivity contribution in [3.8, 4) is 0 Å². The van der Waals surface area contributed by atoms with Crippen molar-refractivity contribution < 1.29 is 9.18 Å². The van der Waals surface area contributed by atoms with Gasteiger partial charge in [0.25, 0.3) is 0 Å². The highest BCUT2D eigenvalue weighted by Gasteiger charge is 2.22. The van der Waals surface area contributed by atoms with Crippen molar-refractivity contribution in [2.45, 2.75) is 32.4 Å². The molecule has 144 valence electrons. The fraction of sp³-hybridized carbons (Fsp3) is 0.400. The molecular weight excluding hydrogens is 345 g/mol. The summed E-state index contributed by atoms with van der Waals surface area (Å²) in [6.07, 6.45) is 3.81. The molecule has 0 unspecified atom stereocenters. The Bertz CT molecular complexity index is 795. The number of primary amides is 1. The minimum Gasteiger partial charge on any atom is -0.351 e. The summed E-state index contributed by atoms with van der Waals surface area (Å²) in [5.74, 6) is -0.495. The van der Waals surface area contributed by atoms with Gasteiger partial charge in [0.2, 0.25) is 0 Å². The summed E-state index contributed by atoms with van der Waals surface area (Å²) in [4.78, 5) is 19.7. The molecule has 1 aliphatic rings. The molecule has 3 rings (SSSR count). The molecule has 1 aromatic heterocycles. The predicted octanol–water partition coefficient (Wildman–Crippen LogP) is 2.93. The van der Waals surface area contributed by atoms with E-state index in [2.05, 4.69) is 15.2 Å². The quantitative estimate of drug-likeness (QED) is 0.847. The number of likely N-dealkylation sites (N-methyl/N-ethyl adjacent to an activating group) is 1. The third-order valence-electron chi connectivity index (χ3n) is 4.95. The van der Waals surface area contributed by atoms with Crippen LogP contribution >= 0.6 is 0 Å². The Morgan fingerprint density at radius 2 is 2.22 bits per heavy atom. The fourth-order valence-electron chi connectivity index (χ4n) is 3.50. The van der Waals surface area contributed by atoms with Gasteiger partial charge in [-0.05, 0) is 63.2 Å². The molecule has 2 heterocycles. The Morgan fingerprint density at radius 3 is 2.89 bits per heavy atom. The Kier molecular flexibility index (Phi) is 6.03. The highest BCUT2D eigenvalue weighted by atomic mass is 19.1. The molecule has 2 aromatic rings. The van der Waals surface area contributed by atoms with E-state index in [1.807, 2.05) is 14.0 Å². The summed E-state index contributed by atoms with van der Waals surface area (Å²) in [6, 6.07) is 8.04. The maximum Gasteiger partial charge on any atom is 0.324 e. The largest absolute Gasteiger partial charge is 0.351 e. The number of carbonyl (C=O) groups excluding carboxylic acids is 1. The SMILES string of the molecule is CN[C@H]1CCCN(Cc2ccc(F)c(N(C(N)=O)c3ccc(C)nc3)c2)C1. The number of nitrogens with zero attached hydrogens (tertiary/aromatic N) is 3. The molecule has 1 aliphatic heterocycles. The number of rotatable bonds is 5. The molecule has 1 aromatic carbocycles. The highest BCUT2D eigenvalue weighted by Crippen LogP contribution is 2.29. The first kappa shape index (κ1) is 19.3. The van der Waals surface area contributed by atoms with Crippen LogP contribution in [0.5, 0.6) is 0 Å². The van der Waals surface area contributed by atoms with Gasteiger partial charge in [0.15, 0.2) is 0 Å². The third-order valence-corrected chi connectivity index (χ3v) is 4.95. The number of piperidine rings is 1. The molecule has 1 atom stereocenters. The first-order valence-electron chi connectivity index (χ1n) is 9.18. The topological polar surface area (TPSA) is 74.5 Å². The van der Waals surface area contributed by atoms with Crippen LogP contribution in [0.3, 0.4) is 0 Å². The average Bonchev–Trinajstić information content (AvgIpc) is 2.66. The molecule has 6 nitrogen and oxygen atoms in total. The summed E-state index contributed by atoms with van der Waals surface area (Å²) >= 11 is 0. The van der Waals surface area contributed by atoms with E-state index in [0.29, 0.717) is 18.3 Å². The Morgan fingerprint density at radius 1 is 1.41 bits per heavy atom. The van der Waals surface area contributed by atoms with Gasteiger partial charge in [-0.25, -0.2) is 9.18 Å². The number of benzene rings is 1. The predicted molar refractivity (Wildman–Crippen MR) is 104 cm³/mol. The highest BCUT2D eigenvalue weighted by molar-refractivity contribution is 5.98. The van der Waals surface area contributed by atoms with E-state index in [0.717, 1.165) is 42.1 Å². The summed E-state index contributed by atoms with van der Waals surface area (Å²) in [6.45, 7) is 4.50. The van der Waals surface area contributed by atoms with Crippen LogP contribution < -0.4 is 16.0 Å². The monoisotopic (exact) mass is 371 g/mol. The van der Waals surface area contributed by atoms with Crippen LogP contribution in [-0.4, -0.2) is 42.1 Å². The van der Waals surface area contributed by atoms with Gasteiger partial charge in [0.05, 0.1) is 17.6 Å². The second kappa shape index (κ2) is 8.45. The molecule has 1 saturated heterocycles. The number of carbonyl (C=O) groups is 1. The van der Waals surface area contributed by atoms with Crippen LogP contribution in [0.2, 0.25) is 0 Å². The normalized spacial score (nSPS) is 17.7. The lowest BCUT2D eigenvalue weighted by molar-refractivity contribution is 0.188. The molecule has 1 fully saturated rings. The molecule has 3 N–H and O–H groups in total. The number of hydrogen-bond acceptors (Lipinski definition) is 4. The van der Waals surface area contributed by atoms with Crippen molar-refractivity contribution in [3.63, 3.8) is 0 Å². The number of aryl methyl sites for hydroxylation is 1. The van der Waals surface area contributed by atoms with Gasteiger partial charge in [-0.2, -0.15) is 0 Å². The first-order valence-corrected chi connectivity index (χ1v) is 9.18. The standard InChI is InChI=1S/C20H26FN5O/c1-14-5-7-17(11-24-14)26(20(22)27)19-10-15(6-8-18(19)21)12-25-9-3-4-16(13-25)23-2/h5-8,10-11,16,23H,3-4,9,12-13H2,1-2H3,(H2,22,27)/t16-/m0/s1. The molecule has 7 heteroatoms. The van der Waals surface area contributed by atoms with E-state index in [1.165, 1.54) is 12.3 Å². The second-order valence-electron chi connectivity index (χ2n) is 6.98. The number of aromatic nitrogens is 1. The Labute approximate surface area is 159 Å². The lowest BCUT2D eigenvalue weighted by atomic mass is 10.0.